The van der Waals surface area contributed by atoms with Gasteiger partial charge >= 0.3 is 0 Å². The number of hydrogen-bond acceptors (Lipinski definition) is 3. The Hall–Kier alpha value is -2.20. The molecule has 0 spiro atoms. The average Bonchev–Trinajstić information content (AvgIpc) is 2.72. The van der Waals surface area contributed by atoms with Gasteiger partial charge in [0.1, 0.15) is 5.69 Å². The van der Waals surface area contributed by atoms with Crippen molar-refractivity contribution in [1.29, 1.82) is 0 Å². The van der Waals surface area contributed by atoms with Crippen molar-refractivity contribution >= 4 is 11.6 Å². The normalized spacial score (nSPS) is 18.0. The van der Waals surface area contributed by atoms with Gasteiger partial charge in [0.2, 0.25) is 0 Å². The number of ether oxygens (including phenoxy) is 1. The van der Waals surface area contributed by atoms with Crippen molar-refractivity contribution in [3.63, 3.8) is 0 Å². The van der Waals surface area contributed by atoms with Crippen molar-refractivity contribution in [1.82, 2.24) is 4.98 Å². The van der Waals surface area contributed by atoms with Crippen LogP contribution >= 0.6 is 0 Å². The van der Waals surface area contributed by atoms with Gasteiger partial charge < -0.3 is 4.74 Å². The zero-order valence-electron chi connectivity index (χ0n) is 12.4. The standard InChI is InChI=1S/C17H18N2O2/c1-17(2,3)21-16-14-13(10-7-11-18-14)15(20)19(16)12-8-5-4-6-9-12/h4-11,16H,1-3H3. The molecule has 2 heterocycles. The molecule has 1 aliphatic heterocycles. The Morgan fingerprint density at radius 1 is 1.10 bits per heavy atom. The summed E-state index contributed by atoms with van der Waals surface area (Å²) in [5, 5.41) is 0. The fourth-order valence-electron chi connectivity index (χ4n) is 2.44. The predicted molar refractivity (Wildman–Crippen MR) is 81.1 cm³/mol. The highest BCUT2D eigenvalue weighted by Crippen LogP contribution is 2.38. The summed E-state index contributed by atoms with van der Waals surface area (Å²) >= 11 is 0. The number of aromatic nitrogens is 1. The van der Waals surface area contributed by atoms with Crippen LogP contribution in [-0.2, 0) is 4.74 Å². The molecule has 108 valence electrons. The van der Waals surface area contributed by atoms with Crippen molar-refractivity contribution < 1.29 is 9.53 Å². The Balaban J connectivity index is 2.08. The first-order valence-electron chi connectivity index (χ1n) is 6.99. The number of rotatable bonds is 2. The van der Waals surface area contributed by atoms with Crippen LogP contribution in [0, 0.1) is 0 Å². The summed E-state index contributed by atoms with van der Waals surface area (Å²) in [5.74, 6) is -0.0708. The van der Waals surface area contributed by atoms with E-state index < -0.39 is 6.23 Å². The number of fused-ring (bicyclic) bond motifs is 1. The molecule has 0 fully saturated rings. The Labute approximate surface area is 124 Å². The molecule has 1 aromatic carbocycles. The summed E-state index contributed by atoms with van der Waals surface area (Å²) in [7, 11) is 0. The number of amides is 1. The number of carbonyl (C=O) groups is 1. The van der Waals surface area contributed by atoms with Crippen LogP contribution in [0.3, 0.4) is 0 Å². The van der Waals surface area contributed by atoms with E-state index >= 15 is 0 Å². The van der Waals surface area contributed by atoms with E-state index in [1.807, 2.05) is 51.1 Å². The fraction of sp³-hybridized carbons (Fsp3) is 0.294. The molecule has 1 aliphatic rings. The predicted octanol–water partition coefficient (Wildman–Crippen LogP) is 3.56. The molecule has 3 rings (SSSR count). The largest absolute Gasteiger partial charge is 0.346 e. The number of pyridine rings is 1. The number of carbonyl (C=O) groups excluding carboxylic acids is 1. The van der Waals surface area contributed by atoms with Gasteiger partial charge in [-0.05, 0) is 45.0 Å². The van der Waals surface area contributed by atoms with Gasteiger partial charge in [0.05, 0.1) is 11.2 Å². The fourth-order valence-corrected chi connectivity index (χ4v) is 2.44. The molecule has 1 aromatic heterocycles. The second kappa shape index (κ2) is 4.97. The smallest absolute Gasteiger partial charge is 0.262 e. The van der Waals surface area contributed by atoms with E-state index in [2.05, 4.69) is 4.98 Å². The van der Waals surface area contributed by atoms with Crippen LogP contribution in [0.5, 0.6) is 0 Å². The van der Waals surface area contributed by atoms with Crippen LogP contribution in [-0.4, -0.2) is 16.5 Å². The third kappa shape index (κ3) is 2.54. The van der Waals surface area contributed by atoms with Crippen LogP contribution in [0.2, 0.25) is 0 Å². The summed E-state index contributed by atoms with van der Waals surface area (Å²) in [6.07, 6.45) is 1.20. The molecule has 1 unspecified atom stereocenters. The maximum atomic E-state index is 12.7. The second-order valence-electron chi connectivity index (χ2n) is 6.03. The van der Waals surface area contributed by atoms with E-state index in [1.165, 1.54) is 0 Å². The summed E-state index contributed by atoms with van der Waals surface area (Å²) < 4.78 is 6.11. The highest BCUT2D eigenvalue weighted by molar-refractivity contribution is 6.10. The Bertz CT molecular complexity index is 662. The van der Waals surface area contributed by atoms with E-state index in [1.54, 1.807) is 23.2 Å². The summed E-state index contributed by atoms with van der Waals surface area (Å²) in [6.45, 7) is 5.92. The lowest BCUT2D eigenvalue weighted by molar-refractivity contribution is -0.0586. The molecule has 0 N–H and O–H groups in total. The lowest BCUT2D eigenvalue weighted by Gasteiger charge is -2.31. The molecule has 1 atom stereocenters. The van der Waals surface area contributed by atoms with Crippen LogP contribution in [0.1, 0.15) is 43.1 Å². The van der Waals surface area contributed by atoms with E-state index in [4.69, 9.17) is 4.74 Å². The molecule has 4 heteroatoms. The zero-order valence-corrected chi connectivity index (χ0v) is 12.4. The third-order valence-corrected chi connectivity index (χ3v) is 3.26. The lowest BCUT2D eigenvalue weighted by Crippen LogP contribution is -2.34. The summed E-state index contributed by atoms with van der Waals surface area (Å²) in [4.78, 5) is 18.7. The van der Waals surface area contributed by atoms with Crippen LogP contribution < -0.4 is 4.90 Å². The van der Waals surface area contributed by atoms with Crippen LogP contribution in [0.25, 0.3) is 0 Å². The SMILES string of the molecule is CC(C)(C)OC1c2ncccc2C(=O)N1c1ccccc1. The lowest BCUT2D eigenvalue weighted by atomic mass is 10.2. The number of para-hydroxylation sites is 1. The molecule has 21 heavy (non-hydrogen) atoms. The van der Waals surface area contributed by atoms with Gasteiger partial charge in [-0.2, -0.15) is 0 Å². The second-order valence-corrected chi connectivity index (χ2v) is 6.03. The van der Waals surface area contributed by atoms with E-state index in [0.29, 0.717) is 11.3 Å². The van der Waals surface area contributed by atoms with Crippen LogP contribution in [0.4, 0.5) is 5.69 Å². The Morgan fingerprint density at radius 2 is 1.81 bits per heavy atom. The average molecular weight is 282 g/mol. The van der Waals surface area contributed by atoms with Gasteiger partial charge in [-0.3, -0.25) is 14.7 Å². The topological polar surface area (TPSA) is 42.4 Å². The molecule has 4 nitrogen and oxygen atoms in total. The van der Waals surface area contributed by atoms with E-state index in [9.17, 15) is 4.79 Å². The first-order chi connectivity index (χ1) is 9.97. The van der Waals surface area contributed by atoms with Crippen LogP contribution in [0.15, 0.2) is 48.7 Å². The minimum atomic E-state index is -0.490. The van der Waals surface area contributed by atoms with Crippen molar-refractivity contribution in [2.45, 2.75) is 32.6 Å². The molecule has 2 aromatic rings. The minimum absolute atomic E-state index is 0.0708. The first-order valence-corrected chi connectivity index (χ1v) is 6.99. The molecule has 0 radical (unpaired) electrons. The molecule has 0 saturated carbocycles. The van der Waals surface area contributed by atoms with E-state index in [-0.39, 0.29) is 11.5 Å². The van der Waals surface area contributed by atoms with Gasteiger partial charge in [-0.25, -0.2) is 0 Å². The molecular formula is C17H18N2O2. The van der Waals surface area contributed by atoms with Gasteiger partial charge in [0.15, 0.2) is 6.23 Å². The van der Waals surface area contributed by atoms with Crippen molar-refractivity contribution in [3.8, 4) is 0 Å². The number of benzene rings is 1. The highest BCUT2D eigenvalue weighted by atomic mass is 16.5. The molecule has 0 aliphatic carbocycles. The summed E-state index contributed by atoms with van der Waals surface area (Å²) in [6, 6.07) is 13.1. The monoisotopic (exact) mass is 282 g/mol. The van der Waals surface area contributed by atoms with E-state index in [0.717, 1.165) is 5.69 Å². The maximum absolute atomic E-state index is 12.7. The quantitative estimate of drug-likeness (QED) is 0.846. The van der Waals surface area contributed by atoms with Crippen molar-refractivity contribution in [2.75, 3.05) is 4.90 Å². The Kier molecular flexibility index (Phi) is 3.26. The molecular weight excluding hydrogens is 264 g/mol. The zero-order chi connectivity index (χ0) is 15.0. The third-order valence-electron chi connectivity index (χ3n) is 3.26. The number of anilines is 1. The molecule has 0 bridgehead atoms. The van der Waals surface area contributed by atoms with Gasteiger partial charge in [-0.15, -0.1) is 0 Å². The van der Waals surface area contributed by atoms with Crippen molar-refractivity contribution in [2.24, 2.45) is 0 Å². The first kappa shape index (κ1) is 13.8. The summed E-state index contributed by atoms with van der Waals surface area (Å²) in [5.41, 5.74) is 1.73. The minimum Gasteiger partial charge on any atom is -0.346 e. The molecule has 0 saturated heterocycles. The number of hydrogen-bond donors (Lipinski definition) is 0. The Morgan fingerprint density at radius 3 is 2.48 bits per heavy atom. The van der Waals surface area contributed by atoms with Gasteiger partial charge in [-0.1, -0.05) is 18.2 Å². The highest BCUT2D eigenvalue weighted by Gasteiger charge is 2.41. The molecule has 1 amide bonds. The maximum Gasteiger partial charge on any atom is 0.262 e. The van der Waals surface area contributed by atoms with Gasteiger partial charge in [0, 0.05) is 11.9 Å². The van der Waals surface area contributed by atoms with Crippen molar-refractivity contribution in [3.05, 3.63) is 59.9 Å². The number of nitrogens with zero attached hydrogens (tertiary/aromatic N) is 2. The van der Waals surface area contributed by atoms with Gasteiger partial charge in [0.25, 0.3) is 5.91 Å².